The second-order valence-corrected chi connectivity index (χ2v) is 7.91. The fourth-order valence-corrected chi connectivity index (χ4v) is 4.48. The zero-order valence-corrected chi connectivity index (χ0v) is 18.2. The van der Waals surface area contributed by atoms with Crippen LogP contribution in [0.4, 0.5) is 21.9 Å². The molecule has 0 spiro atoms. The minimum atomic E-state index is -0.116. The summed E-state index contributed by atoms with van der Waals surface area (Å²) in [6.45, 7) is 4.36. The van der Waals surface area contributed by atoms with Crippen LogP contribution in [0.25, 0.3) is 0 Å². The highest BCUT2D eigenvalue weighted by atomic mass is 16.5. The van der Waals surface area contributed by atoms with Crippen LogP contribution in [0.3, 0.4) is 0 Å². The number of urea groups is 1. The summed E-state index contributed by atoms with van der Waals surface area (Å²) in [7, 11) is 1.63. The predicted octanol–water partition coefficient (Wildman–Crippen LogP) is 6.32. The van der Waals surface area contributed by atoms with Crippen LogP contribution in [0.5, 0.6) is 5.75 Å². The van der Waals surface area contributed by atoms with E-state index in [9.17, 15) is 4.79 Å². The van der Waals surface area contributed by atoms with Gasteiger partial charge in [-0.05, 0) is 54.4 Å². The first-order chi connectivity index (χ1) is 15.1. The summed E-state index contributed by atoms with van der Waals surface area (Å²) in [5.74, 6) is 0.984. The molecule has 2 N–H and O–H groups in total. The summed E-state index contributed by atoms with van der Waals surface area (Å²) in [5.41, 5.74) is 3.91. The van der Waals surface area contributed by atoms with E-state index < -0.39 is 0 Å². The van der Waals surface area contributed by atoms with E-state index in [-0.39, 0.29) is 24.0 Å². The van der Waals surface area contributed by atoms with Crippen LogP contribution in [0.2, 0.25) is 0 Å². The number of para-hydroxylation sites is 2. The number of rotatable bonds is 5. The van der Waals surface area contributed by atoms with E-state index >= 15 is 0 Å². The number of anilines is 3. The van der Waals surface area contributed by atoms with E-state index in [1.807, 2.05) is 65.6 Å². The Morgan fingerprint density at radius 1 is 0.935 bits per heavy atom. The lowest BCUT2D eigenvalue weighted by atomic mass is 9.81. The Hall–Kier alpha value is -3.47. The molecule has 0 radical (unpaired) electrons. The molecule has 3 aromatic carbocycles. The van der Waals surface area contributed by atoms with Gasteiger partial charge < -0.3 is 15.4 Å². The Bertz CT molecular complexity index is 1020. The van der Waals surface area contributed by atoms with Crippen LogP contribution in [-0.2, 0) is 0 Å². The van der Waals surface area contributed by atoms with Crippen molar-refractivity contribution in [3.8, 4) is 5.75 Å². The van der Waals surface area contributed by atoms with E-state index in [1.54, 1.807) is 7.11 Å². The second kappa shape index (κ2) is 9.13. The van der Waals surface area contributed by atoms with Gasteiger partial charge in [0, 0.05) is 23.3 Å². The smallest absolute Gasteiger partial charge is 0.326 e. The topological polar surface area (TPSA) is 53.6 Å². The third kappa shape index (κ3) is 4.22. The van der Waals surface area contributed by atoms with Gasteiger partial charge in [-0.2, -0.15) is 0 Å². The molecule has 3 atom stereocenters. The maximum Gasteiger partial charge on any atom is 0.326 e. The van der Waals surface area contributed by atoms with Crippen LogP contribution in [0.15, 0.2) is 78.9 Å². The van der Waals surface area contributed by atoms with Crippen molar-refractivity contribution in [1.82, 2.24) is 0 Å². The number of benzene rings is 3. The highest BCUT2D eigenvalue weighted by Crippen LogP contribution is 2.43. The van der Waals surface area contributed by atoms with Gasteiger partial charge in [0.1, 0.15) is 5.75 Å². The SMILES string of the molecule is CC[C@@H]1[C@@H](C)[C@H](Nc2ccccc2)c2ccccc2N1C(=O)Nc1ccc(OC)cc1. The number of ether oxygens (including phenoxy) is 1. The molecule has 0 aliphatic carbocycles. The normalized spacial score (nSPS) is 20.0. The molecule has 0 unspecified atom stereocenters. The lowest BCUT2D eigenvalue weighted by Crippen LogP contribution is -2.51. The largest absolute Gasteiger partial charge is 0.497 e. The molecule has 4 rings (SSSR count). The van der Waals surface area contributed by atoms with E-state index in [4.69, 9.17) is 4.74 Å². The van der Waals surface area contributed by atoms with Gasteiger partial charge in [0.05, 0.1) is 18.8 Å². The van der Waals surface area contributed by atoms with Crippen molar-refractivity contribution >= 4 is 23.1 Å². The predicted molar refractivity (Wildman–Crippen MR) is 127 cm³/mol. The number of nitrogens with one attached hydrogen (secondary N) is 2. The molecule has 1 heterocycles. The van der Waals surface area contributed by atoms with Gasteiger partial charge in [0.15, 0.2) is 0 Å². The number of hydrogen-bond acceptors (Lipinski definition) is 3. The van der Waals surface area contributed by atoms with E-state index in [0.717, 1.165) is 34.8 Å². The Labute approximate surface area is 184 Å². The Morgan fingerprint density at radius 2 is 1.61 bits per heavy atom. The van der Waals surface area contributed by atoms with E-state index in [1.165, 1.54) is 0 Å². The third-order valence-corrected chi connectivity index (χ3v) is 6.07. The van der Waals surface area contributed by atoms with Crippen molar-refractivity contribution in [2.75, 3.05) is 22.6 Å². The lowest BCUT2D eigenvalue weighted by Gasteiger charge is -2.45. The molecule has 0 saturated heterocycles. The molecule has 0 aromatic heterocycles. The maximum atomic E-state index is 13.4. The molecule has 3 aromatic rings. The number of carbonyl (C=O) groups excluding carboxylic acids is 1. The number of amides is 2. The van der Waals surface area contributed by atoms with Crippen LogP contribution < -0.4 is 20.3 Å². The molecule has 31 heavy (non-hydrogen) atoms. The Balaban J connectivity index is 1.66. The Morgan fingerprint density at radius 3 is 2.29 bits per heavy atom. The van der Waals surface area contributed by atoms with Gasteiger partial charge in [0.25, 0.3) is 0 Å². The third-order valence-electron chi connectivity index (χ3n) is 6.07. The zero-order valence-electron chi connectivity index (χ0n) is 18.2. The molecule has 0 saturated carbocycles. The highest BCUT2D eigenvalue weighted by molar-refractivity contribution is 6.03. The average molecular weight is 416 g/mol. The van der Waals surface area contributed by atoms with Crippen molar-refractivity contribution in [2.45, 2.75) is 32.4 Å². The van der Waals surface area contributed by atoms with Crippen molar-refractivity contribution in [3.05, 3.63) is 84.4 Å². The quantitative estimate of drug-likeness (QED) is 0.513. The minimum Gasteiger partial charge on any atom is -0.497 e. The van der Waals surface area contributed by atoms with Crippen molar-refractivity contribution in [3.63, 3.8) is 0 Å². The molecular formula is C26H29N3O2. The molecular weight excluding hydrogens is 386 g/mol. The van der Waals surface area contributed by atoms with Gasteiger partial charge in [0.2, 0.25) is 0 Å². The molecule has 1 aliphatic rings. The molecule has 5 nitrogen and oxygen atoms in total. The van der Waals surface area contributed by atoms with Gasteiger partial charge >= 0.3 is 6.03 Å². The zero-order chi connectivity index (χ0) is 21.8. The average Bonchev–Trinajstić information content (AvgIpc) is 2.81. The number of hydrogen-bond donors (Lipinski definition) is 2. The number of fused-ring (bicyclic) bond motifs is 1. The van der Waals surface area contributed by atoms with Gasteiger partial charge in [-0.25, -0.2) is 4.79 Å². The number of nitrogens with zero attached hydrogens (tertiary/aromatic N) is 1. The van der Waals surface area contributed by atoms with Crippen LogP contribution in [0.1, 0.15) is 31.9 Å². The lowest BCUT2D eigenvalue weighted by molar-refractivity contribution is 0.247. The minimum absolute atomic E-state index is 0.0642. The number of methoxy groups -OCH3 is 1. The molecule has 0 fully saturated rings. The Kier molecular flexibility index (Phi) is 6.12. The summed E-state index contributed by atoms with van der Waals surface area (Å²) in [6, 6.07) is 25.9. The molecule has 1 aliphatic heterocycles. The molecule has 2 amide bonds. The summed E-state index contributed by atoms with van der Waals surface area (Å²) >= 11 is 0. The monoisotopic (exact) mass is 415 g/mol. The summed E-state index contributed by atoms with van der Waals surface area (Å²) in [6.07, 6.45) is 0.860. The molecule has 160 valence electrons. The van der Waals surface area contributed by atoms with Crippen molar-refractivity contribution in [2.24, 2.45) is 5.92 Å². The first kappa shape index (κ1) is 20.8. The van der Waals surface area contributed by atoms with Gasteiger partial charge in [-0.15, -0.1) is 0 Å². The first-order valence-electron chi connectivity index (χ1n) is 10.8. The summed E-state index contributed by atoms with van der Waals surface area (Å²) in [5, 5.41) is 6.76. The maximum absolute atomic E-state index is 13.4. The van der Waals surface area contributed by atoms with Crippen LogP contribution in [0, 0.1) is 5.92 Å². The van der Waals surface area contributed by atoms with E-state index in [0.29, 0.717) is 0 Å². The highest BCUT2D eigenvalue weighted by Gasteiger charge is 2.40. The summed E-state index contributed by atoms with van der Waals surface area (Å²) in [4.78, 5) is 15.4. The summed E-state index contributed by atoms with van der Waals surface area (Å²) < 4.78 is 5.22. The van der Waals surface area contributed by atoms with Crippen LogP contribution >= 0.6 is 0 Å². The molecule has 0 bridgehead atoms. The molecule has 5 heteroatoms. The fraction of sp³-hybridized carbons (Fsp3) is 0.269. The second-order valence-electron chi connectivity index (χ2n) is 7.91. The van der Waals surface area contributed by atoms with Gasteiger partial charge in [-0.3, -0.25) is 4.90 Å². The van der Waals surface area contributed by atoms with Crippen molar-refractivity contribution in [1.29, 1.82) is 0 Å². The van der Waals surface area contributed by atoms with Crippen LogP contribution in [-0.4, -0.2) is 19.2 Å². The number of carbonyl (C=O) groups is 1. The standard InChI is InChI=1S/C26H29N3O2/c1-4-23-18(2)25(27-19-10-6-5-7-11-19)22-12-8-9-13-24(22)29(23)26(30)28-20-14-16-21(31-3)17-15-20/h5-18,23,25,27H,4H2,1-3H3,(H,28,30)/t18-,23-,25+/m1/s1. The first-order valence-corrected chi connectivity index (χ1v) is 10.8. The van der Waals surface area contributed by atoms with E-state index in [2.05, 4.69) is 42.7 Å². The fourth-order valence-electron chi connectivity index (χ4n) is 4.48. The van der Waals surface area contributed by atoms with Crippen molar-refractivity contribution < 1.29 is 9.53 Å². The van der Waals surface area contributed by atoms with Gasteiger partial charge in [-0.1, -0.05) is 50.2 Å².